The summed E-state index contributed by atoms with van der Waals surface area (Å²) in [5, 5.41) is -0.110. The normalized spacial score (nSPS) is 16.9. The number of alkyl halides is 5. The third-order valence-electron chi connectivity index (χ3n) is 3.02. The standard InChI is InChI=1S/C12H9ClF5NO/c13-10(12(17,18)11(15)16)6-3-5-1-2-9(20)19-8(5)4-7(6)14/h3-4,10-11H,1-2H2,(H,19,20). The summed E-state index contributed by atoms with van der Waals surface area (Å²) in [6, 6.07) is 1.82. The number of hydrogen-bond acceptors (Lipinski definition) is 1. The van der Waals surface area contributed by atoms with E-state index in [9.17, 15) is 26.7 Å². The van der Waals surface area contributed by atoms with Gasteiger partial charge in [0.05, 0.1) is 0 Å². The Morgan fingerprint density at radius 3 is 2.50 bits per heavy atom. The highest BCUT2D eigenvalue weighted by Crippen LogP contribution is 2.43. The van der Waals surface area contributed by atoms with Crippen molar-refractivity contribution >= 4 is 23.2 Å². The first-order chi connectivity index (χ1) is 9.23. The van der Waals surface area contributed by atoms with Crippen molar-refractivity contribution in [1.82, 2.24) is 0 Å². The van der Waals surface area contributed by atoms with Gasteiger partial charge in [0.25, 0.3) is 0 Å². The molecule has 1 aliphatic heterocycles. The molecule has 1 amide bonds. The molecule has 0 saturated carbocycles. The lowest BCUT2D eigenvalue weighted by molar-refractivity contribution is -0.131. The zero-order valence-electron chi connectivity index (χ0n) is 9.90. The van der Waals surface area contributed by atoms with Crippen molar-refractivity contribution in [2.75, 3.05) is 5.32 Å². The number of nitrogens with one attached hydrogen (secondary N) is 1. The fourth-order valence-corrected chi connectivity index (χ4v) is 2.20. The summed E-state index contributed by atoms with van der Waals surface area (Å²) in [7, 11) is 0. The molecule has 1 aromatic rings. The van der Waals surface area contributed by atoms with Gasteiger partial charge in [0.2, 0.25) is 5.91 Å². The molecule has 0 aliphatic carbocycles. The molecule has 0 radical (unpaired) electrons. The molecule has 20 heavy (non-hydrogen) atoms. The lowest BCUT2D eigenvalue weighted by Gasteiger charge is -2.24. The third-order valence-corrected chi connectivity index (χ3v) is 3.55. The Balaban J connectivity index is 2.41. The summed E-state index contributed by atoms with van der Waals surface area (Å²) in [4.78, 5) is 11.1. The Kier molecular flexibility index (Phi) is 3.90. The molecule has 2 nitrogen and oxygen atoms in total. The van der Waals surface area contributed by atoms with Crippen molar-refractivity contribution in [3.63, 3.8) is 0 Å². The number of halogens is 6. The second-order valence-corrected chi connectivity index (χ2v) is 4.85. The van der Waals surface area contributed by atoms with Gasteiger partial charge in [-0.3, -0.25) is 4.79 Å². The zero-order valence-corrected chi connectivity index (χ0v) is 10.7. The van der Waals surface area contributed by atoms with Crippen molar-refractivity contribution < 1.29 is 26.7 Å². The van der Waals surface area contributed by atoms with Crippen LogP contribution in [0.25, 0.3) is 0 Å². The van der Waals surface area contributed by atoms with Gasteiger partial charge in [-0.25, -0.2) is 13.2 Å². The number of carbonyl (C=O) groups excluding carboxylic acids is 1. The highest BCUT2D eigenvalue weighted by molar-refractivity contribution is 6.21. The van der Waals surface area contributed by atoms with E-state index in [4.69, 9.17) is 11.6 Å². The number of benzene rings is 1. The number of rotatable bonds is 3. The second-order valence-electron chi connectivity index (χ2n) is 4.42. The molecule has 1 unspecified atom stereocenters. The number of amides is 1. The largest absolute Gasteiger partial charge is 0.327 e. The summed E-state index contributed by atoms with van der Waals surface area (Å²) in [6.45, 7) is 0. The lowest BCUT2D eigenvalue weighted by Crippen LogP contribution is -2.32. The van der Waals surface area contributed by atoms with Crippen LogP contribution in [-0.2, 0) is 11.2 Å². The summed E-state index contributed by atoms with van der Waals surface area (Å²) >= 11 is 5.31. The molecule has 0 bridgehead atoms. The van der Waals surface area contributed by atoms with E-state index < -0.39 is 29.1 Å². The van der Waals surface area contributed by atoms with Crippen molar-refractivity contribution in [3.05, 3.63) is 29.1 Å². The van der Waals surface area contributed by atoms with Crippen LogP contribution >= 0.6 is 11.6 Å². The highest BCUT2D eigenvalue weighted by Gasteiger charge is 2.49. The van der Waals surface area contributed by atoms with Crippen LogP contribution in [0.2, 0.25) is 0 Å². The lowest BCUT2D eigenvalue weighted by atomic mass is 9.97. The predicted molar refractivity (Wildman–Crippen MR) is 62.9 cm³/mol. The molecule has 0 spiro atoms. The van der Waals surface area contributed by atoms with Crippen LogP contribution in [0.5, 0.6) is 0 Å². The SMILES string of the molecule is O=C1CCc2cc(C(Cl)C(F)(F)C(F)F)c(F)cc2N1. The first kappa shape index (κ1) is 15.0. The van der Waals surface area contributed by atoms with Gasteiger partial charge in [0, 0.05) is 17.7 Å². The van der Waals surface area contributed by atoms with E-state index in [1.165, 1.54) is 0 Å². The maximum atomic E-state index is 13.7. The van der Waals surface area contributed by atoms with E-state index in [1.54, 1.807) is 0 Å². The maximum absolute atomic E-state index is 13.7. The van der Waals surface area contributed by atoms with Gasteiger partial charge in [0.1, 0.15) is 11.2 Å². The Morgan fingerprint density at radius 2 is 1.90 bits per heavy atom. The molecule has 0 saturated heterocycles. The van der Waals surface area contributed by atoms with Gasteiger partial charge >= 0.3 is 12.3 Å². The molecule has 8 heteroatoms. The van der Waals surface area contributed by atoms with E-state index in [0.717, 1.165) is 12.1 Å². The molecule has 1 aromatic carbocycles. The quantitative estimate of drug-likeness (QED) is 0.665. The van der Waals surface area contributed by atoms with Gasteiger partial charge in [0.15, 0.2) is 0 Å². The van der Waals surface area contributed by atoms with Crippen LogP contribution in [0.1, 0.15) is 22.9 Å². The third kappa shape index (κ3) is 2.59. The summed E-state index contributed by atoms with van der Waals surface area (Å²) in [5.41, 5.74) is -0.171. The fourth-order valence-electron chi connectivity index (χ4n) is 1.93. The van der Waals surface area contributed by atoms with E-state index in [-0.39, 0.29) is 24.4 Å². The minimum Gasteiger partial charge on any atom is -0.326 e. The monoisotopic (exact) mass is 313 g/mol. The molecule has 0 fully saturated rings. The van der Waals surface area contributed by atoms with Gasteiger partial charge in [-0.15, -0.1) is 11.6 Å². The average molecular weight is 314 g/mol. The minimum absolute atomic E-state index is 0.107. The smallest absolute Gasteiger partial charge is 0.326 e. The highest BCUT2D eigenvalue weighted by atomic mass is 35.5. The van der Waals surface area contributed by atoms with Crippen LogP contribution in [-0.4, -0.2) is 18.3 Å². The van der Waals surface area contributed by atoms with E-state index in [1.807, 2.05) is 0 Å². The predicted octanol–water partition coefficient (Wildman–Crippen LogP) is 3.89. The number of fused-ring (bicyclic) bond motifs is 1. The Labute approximate surface area is 115 Å². The molecule has 110 valence electrons. The van der Waals surface area contributed by atoms with Crippen molar-refractivity contribution in [1.29, 1.82) is 0 Å². The second kappa shape index (κ2) is 5.20. The number of hydrogen-bond donors (Lipinski definition) is 1. The van der Waals surface area contributed by atoms with Crippen molar-refractivity contribution in [3.8, 4) is 0 Å². The molecule has 1 N–H and O–H groups in total. The topological polar surface area (TPSA) is 29.1 Å². The Hall–Kier alpha value is -1.37. The summed E-state index contributed by atoms with van der Waals surface area (Å²) in [6.07, 6.45) is -3.69. The fraction of sp³-hybridized carbons (Fsp3) is 0.417. The number of carbonyl (C=O) groups is 1. The zero-order chi connectivity index (χ0) is 15.1. The van der Waals surface area contributed by atoms with Crippen LogP contribution in [0.3, 0.4) is 0 Å². The minimum atomic E-state index is -4.55. The van der Waals surface area contributed by atoms with Gasteiger partial charge < -0.3 is 5.32 Å². The van der Waals surface area contributed by atoms with E-state index in [2.05, 4.69) is 5.32 Å². The molecule has 2 rings (SSSR count). The number of aryl methyl sites for hydroxylation is 1. The Bertz CT molecular complexity index is 549. The molecular formula is C12H9ClF5NO. The average Bonchev–Trinajstić information content (AvgIpc) is 2.36. The van der Waals surface area contributed by atoms with Gasteiger partial charge in [-0.05, 0) is 24.1 Å². The van der Waals surface area contributed by atoms with Gasteiger partial charge in [-0.2, -0.15) is 8.78 Å². The van der Waals surface area contributed by atoms with E-state index >= 15 is 0 Å². The molecule has 1 atom stereocenters. The molecule has 1 aliphatic rings. The van der Waals surface area contributed by atoms with Crippen molar-refractivity contribution in [2.45, 2.75) is 30.6 Å². The molecule has 1 heterocycles. The molecule has 0 aromatic heterocycles. The first-order valence-corrected chi connectivity index (χ1v) is 6.09. The van der Waals surface area contributed by atoms with Crippen LogP contribution in [0, 0.1) is 5.82 Å². The first-order valence-electron chi connectivity index (χ1n) is 5.65. The van der Waals surface area contributed by atoms with Crippen LogP contribution < -0.4 is 5.32 Å². The van der Waals surface area contributed by atoms with E-state index in [0.29, 0.717) is 5.56 Å². The summed E-state index contributed by atoms with van der Waals surface area (Å²) in [5.74, 6) is -6.04. The maximum Gasteiger partial charge on any atom is 0.327 e. The van der Waals surface area contributed by atoms with Crippen molar-refractivity contribution in [2.24, 2.45) is 0 Å². The van der Waals surface area contributed by atoms with Crippen LogP contribution in [0.4, 0.5) is 27.6 Å². The Morgan fingerprint density at radius 1 is 1.25 bits per heavy atom. The number of anilines is 1. The molecular weight excluding hydrogens is 305 g/mol. The summed E-state index contributed by atoms with van der Waals surface area (Å²) < 4.78 is 64.6. The van der Waals surface area contributed by atoms with Gasteiger partial charge in [-0.1, -0.05) is 0 Å². The van der Waals surface area contributed by atoms with Crippen LogP contribution in [0.15, 0.2) is 12.1 Å².